The molecule has 0 aliphatic carbocycles. The van der Waals surface area contributed by atoms with Crippen LogP contribution in [0.1, 0.15) is 10.4 Å². The van der Waals surface area contributed by atoms with Crippen LogP contribution < -0.4 is 5.43 Å². The lowest BCUT2D eigenvalue weighted by atomic mass is 10.0. The lowest BCUT2D eigenvalue weighted by Gasteiger charge is -2.13. The number of carbonyl (C=O) groups is 1. The Balaban J connectivity index is 2.19. The molecule has 0 aliphatic heterocycles. The molecule has 1 aromatic heterocycles. The summed E-state index contributed by atoms with van der Waals surface area (Å²) in [4.78, 5) is 25.3. The minimum Gasteiger partial charge on any atom is -0.457 e. The van der Waals surface area contributed by atoms with E-state index in [0.717, 1.165) is 0 Å². The zero-order chi connectivity index (χ0) is 18.0. The predicted octanol–water partition coefficient (Wildman–Crippen LogP) is 4.99. The van der Waals surface area contributed by atoms with Gasteiger partial charge in [-0.25, -0.2) is 4.79 Å². The minimum atomic E-state index is -1.78. The number of hydrogen-bond acceptors (Lipinski definition) is 4. The zero-order valence-electron chi connectivity index (χ0n) is 12.7. The smallest absolute Gasteiger partial charge is 0.346 e. The average molecular weight is 398 g/mol. The standard InChI is InChI=1S/C18H11Cl3O4/c19-18(20,21)10-24-17(23)14-15(22)12-8-4-5-9-13(12)25-16(14)11-6-2-1-3-7-11/h1-9H,10H2. The molecule has 2 aromatic carbocycles. The number of para-hydroxylation sites is 1. The summed E-state index contributed by atoms with van der Waals surface area (Å²) in [6.07, 6.45) is 0. The first-order valence-electron chi connectivity index (χ1n) is 7.22. The van der Waals surface area contributed by atoms with Crippen molar-refractivity contribution in [1.82, 2.24) is 0 Å². The Morgan fingerprint density at radius 3 is 2.32 bits per heavy atom. The Kier molecular flexibility index (Phi) is 5.04. The van der Waals surface area contributed by atoms with Gasteiger partial charge in [0.2, 0.25) is 9.22 Å². The summed E-state index contributed by atoms with van der Waals surface area (Å²) in [7, 11) is 0. The fourth-order valence-corrected chi connectivity index (χ4v) is 2.50. The summed E-state index contributed by atoms with van der Waals surface area (Å²) in [6, 6.07) is 15.4. The van der Waals surface area contributed by atoms with Gasteiger partial charge in [0.05, 0.1) is 5.39 Å². The Bertz CT molecular complexity index is 975. The Labute approximate surface area is 157 Å². The molecule has 128 valence electrons. The van der Waals surface area contributed by atoms with Crippen LogP contribution in [0, 0.1) is 0 Å². The number of carbonyl (C=O) groups excluding carboxylic acids is 1. The van der Waals surface area contributed by atoms with Crippen molar-refractivity contribution in [3.63, 3.8) is 0 Å². The molecule has 0 fully saturated rings. The third kappa shape index (κ3) is 3.98. The summed E-state index contributed by atoms with van der Waals surface area (Å²) in [5.74, 6) is -0.803. The SMILES string of the molecule is O=C(OCC(Cl)(Cl)Cl)c1c(-c2ccccc2)oc2ccccc2c1=O. The molecule has 7 heteroatoms. The van der Waals surface area contributed by atoms with E-state index in [2.05, 4.69) is 0 Å². The number of fused-ring (bicyclic) bond motifs is 1. The fourth-order valence-electron chi connectivity index (χ4n) is 2.34. The van der Waals surface area contributed by atoms with Crippen LogP contribution in [0.3, 0.4) is 0 Å². The van der Waals surface area contributed by atoms with Crippen LogP contribution in [0.15, 0.2) is 63.8 Å². The van der Waals surface area contributed by atoms with Crippen molar-refractivity contribution in [2.45, 2.75) is 3.79 Å². The van der Waals surface area contributed by atoms with Crippen molar-refractivity contribution >= 4 is 51.7 Å². The van der Waals surface area contributed by atoms with Crippen molar-refractivity contribution in [2.24, 2.45) is 0 Å². The second-order valence-corrected chi connectivity index (χ2v) is 7.70. The van der Waals surface area contributed by atoms with E-state index in [1.807, 2.05) is 6.07 Å². The second kappa shape index (κ2) is 7.08. The molecule has 1 heterocycles. The molecule has 3 rings (SSSR count). The van der Waals surface area contributed by atoms with E-state index in [0.29, 0.717) is 11.1 Å². The Morgan fingerprint density at radius 1 is 1.00 bits per heavy atom. The number of hydrogen-bond donors (Lipinski definition) is 0. The number of ether oxygens (including phenoxy) is 1. The summed E-state index contributed by atoms with van der Waals surface area (Å²) in [6.45, 7) is -0.489. The van der Waals surface area contributed by atoms with Gasteiger partial charge < -0.3 is 9.15 Å². The lowest BCUT2D eigenvalue weighted by molar-refractivity contribution is 0.0510. The van der Waals surface area contributed by atoms with Crippen LogP contribution in [-0.4, -0.2) is 16.4 Å². The maximum absolute atomic E-state index is 12.8. The quantitative estimate of drug-likeness (QED) is 0.461. The summed E-state index contributed by atoms with van der Waals surface area (Å²) in [5, 5.41) is 0.267. The second-order valence-electron chi connectivity index (χ2n) is 5.19. The van der Waals surface area contributed by atoms with Crippen molar-refractivity contribution in [1.29, 1.82) is 0 Å². The van der Waals surface area contributed by atoms with Crippen molar-refractivity contribution in [3.8, 4) is 11.3 Å². The fraction of sp³-hybridized carbons (Fsp3) is 0.111. The van der Waals surface area contributed by atoms with Gasteiger partial charge in [0.1, 0.15) is 12.2 Å². The van der Waals surface area contributed by atoms with E-state index in [1.54, 1.807) is 48.5 Å². The summed E-state index contributed by atoms with van der Waals surface area (Å²) < 4.78 is 9.02. The van der Waals surface area contributed by atoms with E-state index in [-0.39, 0.29) is 16.7 Å². The Hall–Kier alpha value is -2.01. The molecule has 0 amide bonds. The predicted molar refractivity (Wildman–Crippen MR) is 98.5 cm³/mol. The van der Waals surface area contributed by atoms with Gasteiger partial charge in [0, 0.05) is 5.56 Å². The van der Waals surface area contributed by atoms with Gasteiger partial charge in [-0.05, 0) is 12.1 Å². The van der Waals surface area contributed by atoms with Gasteiger partial charge in [0.15, 0.2) is 11.3 Å². The van der Waals surface area contributed by atoms with Crippen molar-refractivity contribution in [2.75, 3.05) is 6.61 Å². The molecule has 0 bridgehead atoms. The highest BCUT2D eigenvalue weighted by Gasteiger charge is 2.27. The van der Waals surface area contributed by atoms with Gasteiger partial charge >= 0.3 is 5.97 Å². The van der Waals surface area contributed by atoms with Crippen LogP contribution in [0.25, 0.3) is 22.3 Å². The highest BCUT2D eigenvalue weighted by Crippen LogP contribution is 2.29. The van der Waals surface area contributed by atoms with Gasteiger partial charge in [-0.15, -0.1) is 0 Å². The first-order valence-corrected chi connectivity index (χ1v) is 8.35. The summed E-state index contributed by atoms with van der Waals surface area (Å²) >= 11 is 16.8. The molecule has 0 saturated carbocycles. The maximum Gasteiger partial charge on any atom is 0.346 e. The van der Waals surface area contributed by atoms with Crippen LogP contribution in [0.5, 0.6) is 0 Å². The molecule has 0 radical (unpaired) electrons. The third-order valence-corrected chi connectivity index (χ3v) is 3.73. The first-order chi connectivity index (χ1) is 11.9. The van der Waals surface area contributed by atoms with E-state index in [9.17, 15) is 9.59 Å². The average Bonchev–Trinajstić information content (AvgIpc) is 2.60. The number of halogens is 3. The topological polar surface area (TPSA) is 56.5 Å². The molecule has 0 saturated heterocycles. The largest absolute Gasteiger partial charge is 0.457 e. The number of rotatable bonds is 3. The molecular formula is C18H11Cl3O4. The maximum atomic E-state index is 12.8. The van der Waals surface area contributed by atoms with E-state index < -0.39 is 21.8 Å². The lowest BCUT2D eigenvalue weighted by Crippen LogP contribution is -2.23. The van der Waals surface area contributed by atoms with Crippen LogP contribution in [-0.2, 0) is 4.74 Å². The highest BCUT2D eigenvalue weighted by atomic mass is 35.6. The molecule has 4 nitrogen and oxygen atoms in total. The third-order valence-electron chi connectivity index (χ3n) is 3.40. The molecule has 0 aliphatic rings. The van der Waals surface area contributed by atoms with Gasteiger partial charge in [-0.3, -0.25) is 4.79 Å². The minimum absolute atomic E-state index is 0.110. The number of alkyl halides is 3. The zero-order valence-corrected chi connectivity index (χ0v) is 14.9. The Morgan fingerprint density at radius 2 is 1.64 bits per heavy atom. The van der Waals surface area contributed by atoms with Crippen LogP contribution in [0.4, 0.5) is 0 Å². The molecule has 25 heavy (non-hydrogen) atoms. The number of esters is 1. The molecule has 0 N–H and O–H groups in total. The monoisotopic (exact) mass is 396 g/mol. The molecule has 0 spiro atoms. The first kappa shape index (κ1) is 17.8. The van der Waals surface area contributed by atoms with Gasteiger partial charge in [-0.1, -0.05) is 77.3 Å². The van der Waals surface area contributed by atoms with Crippen LogP contribution in [0.2, 0.25) is 0 Å². The summed E-state index contributed by atoms with van der Waals surface area (Å²) in [5.41, 5.74) is 0.185. The van der Waals surface area contributed by atoms with E-state index >= 15 is 0 Å². The van der Waals surface area contributed by atoms with Crippen LogP contribution >= 0.6 is 34.8 Å². The van der Waals surface area contributed by atoms with Gasteiger partial charge in [-0.2, -0.15) is 0 Å². The van der Waals surface area contributed by atoms with Crippen molar-refractivity contribution in [3.05, 3.63) is 70.4 Å². The molecule has 0 atom stereocenters. The van der Waals surface area contributed by atoms with E-state index in [1.165, 1.54) is 0 Å². The highest BCUT2D eigenvalue weighted by molar-refractivity contribution is 6.67. The van der Waals surface area contributed by atoms with Gasteiger partial charge in [0.25, 0.3) is 0 Å². The molecular weight excluding hydrogens is 387 g/mol. The van der Waals surface area contributed by atoms with Crippen molar-refractivity contribution < 1.29 is 13.9 Å². The molecule has 3 aromatic rings. The van der Waals surface area contributed by atoms with E-state index in [4.69, 9.17) is 44.0 Å². The molecule has 0 unspecified atom stereocenters. The number of benzene rings is 2. The normalized spacial score (nSPS) is 11.5.